The standard InChI is InChI=1S/C21H32ClN3O2/c1-27-19-15-18(23)17(22)14-16(19)20(26)24-11-10-21(8-4-2-5-9-21)25-12-6-3-7-13-25/h14-15H,2-13,23H2,1H3,(H,24,26). The minimum Gasteiger partial charge on any atom is -0.496 e. The number of anilines is 1. The van der Waals surface area contributed by atoms with E-state index in [2.05, 4.69) is 10.2 Å². The van der Waals surface area contributed by atoms with Crippen molar-refractivity contribution in [3.05, 3.63) is 22.7 Å². The van der Waals surface area contributed by atoms with E-state index in [1.165, 1.54) is 71.6 Å². The number of carbonyl (C=O) groups excluding carboxylic acids is 1. The van der Waals surface area contributed by atoms with Gasteiger partial charge >= 0.3 is 0 Å². The summed E-state index contributed by atoms with van der Waals surface area (Å²) in [6.07, 6.45) is 11.4. The Balaban J connectivity index is 1.64. The van der Waals surface area contributed by atoms with Crippen LogP contribution in [0.2, 0.25) is 5.02 Å². The number of likely N-dealkylation sites (tertiary alicyclic amines) is 1. The van der Waals surface area contributed by atoms with E-state index >= 15 is 0 Å². The third-order valence-corrected chi connectivity index (χ3v) is 6.58. The molecule has 1 aromatic carbocycles. The van der Waals surface area contributed by atoms with Gasteiger partial charge in [0.25, 0.3) is 5.91 Å². The number of hydrogen-bond acceptors (Lipinski definition) is 4. The fraction of sp³-hybridized carbons (Fsp3) is 0.667. The van der Waals surface area contributed by atoms with Gasteiger partial charge in [0.15, 0.2) is 0 Å². The fourth-order valence-electron chi connectivity index (χ4n) is 4.72. The molecule has 27 heavy (non-hydrogen) atoms. The number of methoxy groups -OCH3 is 1. The summed E-state index contributed by atoms with van der Waals surface area (Å²) in [6, 6.07) is 3.19. The molecule has 150 valence electrons. The van der Waals surface area contributed by atoms with Gasteiger partial charge in [-0.25, -0.2) is 0 Å². The number of nitrogens with zero attached hydrogens (tertiary/aromatic N) is 1. The largest absolute Gasteiger partial charge is 0.496 e. The van der Waals surface area contributed by atoms with Crippen molar-refractivity contribution < 1.29 is 9.53 Å². The molecule has 1 saturated heterocycles. The monoisotopic (exact) mass is 393 g/mol. The van der Waals surface area contributed by atoms with Crippen molar-refractivity contribution in [3.8, 4) is 5.75 Å². The summed E-state index contributed by atoms with van der Waals surface area (Å²) in [5, 5.41) is 3.46. The molecule has 1 saturated carbocycles. The smallest absolute Gasteiger partial charge is 0.255 e. The summed E-state index contributed by atoms with van der Waals surface area (Å²) >= 11 is 6.10. The van der Waals surface area contributed by atoms with Crippen molar-refractivity contribution in [2.75, 3.05) is 32.5 Å². The maximum absolute atomic E-state index is 12.7. The number of carbonyl (C=O) groups is 1. The first-order chi connectivity index (χ1) is 13.1. The Morgan fingerprint density at radius 1 is 1.19 bits per heavy atom. The number of nitrogen functional groups attached to an aromatic ring is 1. The second-order valence-corrected chi connectivity index (χ2v) is 8.32. The molecule has 6 heteroatoms. The van der Waals surface area contributed by atoms with E-state index in [0.717, 1.165) is 6.42 Å². The second-order valence-electron chi connectivity index (χ2n) is 7.91. The Morgan fingerprint density at radius 3 is 2.52 bits per heavy atom. The van der Waals surface area contributed by atoms with E-state index in [0.29, 0.717) is 28.6 Å². The van der Waals surface area contributed by atoms with Gasteiger partial charge in [0.2, 0.25) is 0 Å². The fourth-order valence-corrected chi connectivity index (χ4v) is 4.89. The van der Waals surface area contributed by atoms with Crippen LogP contribution in [0.25, 0.3) is 0 Å². The molecule has 0 aromatic heterocycles. The van der Waals surface area contributed by atoms with Gasteiger partial charge in [0.1, 0.15) is 5.75 Å². The van der Waals surface area contributed by atoms with Crippen molar-refractivity contribution in [1.82, 2.24) is 10.2 Å². The van der Waals surface area contributed by atoms with Crippen molar-refractivity contribution in [1.29, 1.82) is 0 Å². The van der Waals surface area contributed by atoms with Crippen LogP contribution in [0.1, 0.15) is 68.1 Å². The van der Waals surface area contributed by atoms with E-state index in [1.54, 1.807) is 12.1 Å². The summed E-state index contributed by atoms with van der Waals surface area (Å²) in [7, 11) is 1.53. The highest BCUT2D eigenvalue weighted by Gasteiger charge is 2.37. The first-order valence-electron chi connectivity index (χ1n) is 10.2. The summed E-state index contributed by atoms with van der Waals surface area (Å²) in [5.41, 5.74) is 6.92. The number of amides is 1. The second kappa shape index (κ2) is 9.16. The van der Waals surface area contributed by atoms with E-state index < -0.39 is 0 Å². The normalized spacial score (nSPS) is 20.2. The predicted octanol–water partition coefficient (Wildman–Crippen LogP) is 4.24. The van der Waals surface area contributed by atoms with Crippen molar-refractivity contribution >= 4 is 23.2 Å². The molecule has 3 N–H and O–H groups in total. The maximum Gasteiger partial charge on any atom is 0.255 e. The quantitative estimate of drug-likeness (QED) is 0.709. The molecule has 0 atom stereocenters. The lowest BCUT2D eigenvalue weighted by Gasteiger charge is -2.48. The lowest BCUT2D eigenvalue weighted by atomic mass is 9.77. The third kappa shape index (κ3) is 4.69. The zero-order chi connectivity index (χ0) is 19.3. The molecule has 1 aromatic rings. The zero-order valence-corrected chi connectivity index (χ0v) is 17.1. The molecule has 0 unspecified atom stereocenters. The average Bonchev–Trinajstić information content (AvgIpc) is 2.71. The van der Waals surface area contributed by atoms with E-state index in [1.807, 2.05) is 0 Å². The van der Waals surface area contributed by atoms with Crippen LogP contribution in [0.4, 0.5) is 5.69 Å². The van der Waals surface area contributed by atoms with Crippen LogP contribution in [0.3, 0.4) is 0 Å². The van der Waals surface area contributed by atoms with Crippen LogP contribution in [-0.2, 0) is 0 Å². The van der Waals surface area contributed by atoms with Crippen LogP contribution in [0, 0.1) is 0 Å². The minimum atomic E-state index is -0.154. The molecular formula is C21H32ClN3O2. The minimum absolute atomic E-state index is 0.154. The molecule has 2 aliphatic rings. The van der Waals surface area contributed by atoms with Crippen LogP contribution in [0.5, 0.6) is 5.75 Å². The third-order valence-electron chi connectivity index (χ3n) is 6.25. The Kier molecular flexibility index (Phi) is 6.88. The lowest BCUT2D eigenvalue weighted by Crippen LogP contribution is -2.53. The molecular weight excluding hydrogens is 362 g/mol. The van der Waals surface area contributed by atoms with Gasteiger partial charge in [-0.3, -0.25) is 9.69 Å². The maximum atomic E-state index is 12.7. The Morgan fingerprint density at radius 2 is 1.85 bits per heavy atom. The molecule has 0 bridgehead atoms. The van der Waals surface area contributed by atoms with Crippen LogP contribution < -0.4 is 15.8 Å². The number of rotatable bonds is 6. The van der Waals surface area contributed by atoms with Gasteiger partial charge in [-0.15, -0.1) is 0 Å². The van der Waals surface area contributed by atoms with Gasteiger partial charge in [-0.2, -0.15) is 0 Å². The van der Waals surface area contributed by atoms with E-state index in [9.17, 15) is 4.79 Å². The molecule has 0 spiro atoms. The lowest BCUT2D eigenvalue weighted by molar-refractivity contribution is 0.0267. The molecule has 5 nitrogen and oxygen atoms in total. The summed E-state index contributed by atoms with van der Waals surface area (Å²) in [5.74, 6) is 0.302. The summed E-state index contributed by atoms with van der Waals surface area (Å²) < 4.78 is 5.31. The highest BCUT2D eigenvalue weighted by atomic mass is 35.5. The molecule has 1 amide bonds. The van der Waals surface area contributed by atoms with Crippen LogP contribution >= 0.6 is 11.6 Å². The van der Waals surface area contributed by atoms with Gasteiger partial charge in [-0.05, 0) is 51.3 Å². The number of hydrogen-bond donors (Lipinski definition) is 2. The molecule has 1 heterocycles. The van der Waals surface area contributed by atoms with Gasteiger partial charge in [-0.1, -0.05) is 37.3 Å². The van der Waals surface area contributed by atoms with E-state index in [4.69, 9.17) is 22.1 Å². The van der Waals surface area contributed by atoms with Crippen LogP contribution in [0.15, 0.2) is 12.1 Å². The molecule has 3 rings (SSSR count). The molecule has 1 aliphatic heterocycles. The van der Waals surface area contributed by atoms with E-state index in [-0.39, 0.29) is 11.4 Å². The Hall–Kier alpha value is -1.46. The number of ether oxygens (including phenoxy) is 1. The average molecular weight is 394 g/mol. The topological polar surface area (TPSA) is 67.6 Å². The first-order valence-corrected chi connectivity index (χ1v) is 10.6. The van der Waals surface area contributed by atoms with Gasteiger partial charge in [0, 0.05) is 18.2 Å². The molecule has 0 radical (unpaired) electrons. The van der Waals surface area contributed by atoms with Crippen LogP contribution in [-0.4, -0.2) is 43.1 Å². The molecule has 1 aliphatic carbocycles. The first kappa shape index (κ1) is 20.3. The number of nitrogens with one attached hydrogen (secondary N) is 1. The Labute approximate surface area is 167 Å². The van der Waals surface area contributed by atoms with Gasteiger partial charge < -0.3 is 15.8 Å². The zero-order valence-electron chi connectivity index (χ0n) is 16.4. The number of nitrogens with two attached hydrogens (primary N) is 1. The van der Waals surface area contributed by atoms with Crippen molar-refractivity contribution in [2.24, 2.45) is 0 Å². The highest BCUT2D eigenvalue weighted by molar-refractivity contribution is 6.33. The Bertz CT molecular complexity index is 653. The van der Waals surface area contributed by atoms with Crippen molar-refractivity contribution in [2.45, 2.75) is 63.3 Å². The number of halogens is 1. The highest BCUT2D eigenvalue weighted by Crippen LogP contribution is 2.38. The number of piperidine rings is 1. The summed E-state index contributed by atoms with van der Waals surface area (Å²) in [6.45, 7) is 3.07. The van der Waals surface area contributed by atoms with Crippen molar-refractivity contribution in [3.63, 3.8) is 0 Å². The SMILES string of the molecule is COc1cc(N)c(Cl)cc1C(=O)NCCC1(N2CCCCC2)CCCCC1. The van der Waals surface area contributed by atoms with Gasteiger partial charge in [0.05, 0.1) is 23.4 Å². The molecule has 2 fully saturated rings. The predicted molar refractivity (Wildman–Crippen MR) is 111 cm³/mol. The number of benzene rings is 1. The summed E-state index contributed by atoms with van der Waals surface area (Å²) in [4.78, 5) is 15.4.